The number of halogens is 2. The van der Waals surface area contributed by atoms with Crippen molar-refractivity contribution in [1.29, 1.82) is 0 Å². The lowest BCUT2D eigenvalue weighted by Gasteiger charge is -2.33. The predicted octanol–water partition coefficient (Wildman–Crippen LogP) is 6.32. The molecular weight excluding hydrogens is 455 g/mol. The van der Waals surface area contributed by atoms with E-state index in [1.165, 1.54) is 0 Å². The van der Waals surface area contributed by atoms with Gasteiger partial charge in [0, 0.05) is 30.1 Å². The van der Waals surface area contributed by atoms with Crippen LogP contribution in [0.1, 0.15) is 23.2 Å². The van der Waals surface area contributed by atoms with Crippen LogP contribution in [-0.4, -0.2) is 39.9 Å². The Balaban J connectivity index is 1.33. The average Bonchev–Trinajstić information content (AvgIpc) is 2.84. The van der Waals surface area contributed by atoms with Gasteiger partial charge in [0.1, 0.15) is 0 Å². The number of fused-ring (bicyclic) bond motifs is 1. The zero-order valence-electron chi connectivity index (χ0n) is 17.8. The molecule has 0 aliphatic carbocycles. The molecule has 4 aromatic rings. The molecule has 5 rings (SSSR count). The lowest BCUT2D eigenvalue weighted by atomic mass is 10.0. The smallest absolute Gasteiger partial charge is 0.256 e. The molecule has 1 aliphatic heterocycles. The third-order valence-electron chi connectivity index (χ3n) is 5.94. The third kappa shape index (κ3) is 4.52. The number of likely N-dealkylation sites (tertiary alicyclic amines) is 1. The summed E-state index contributed by atoms with van der Waals surface area (Å²) in [5.74, 6) is 0.476. The quantitative estimate of drug-likeness (QED) is 0.374. The number of hydrogen-bond acceptors (Lipinski definition) is 4. The molecule has 1 N–H and O–H groups in total. The minimum Gasteiger partial charge on any atom is -0.351 e. The Morgan fingerprint density at radius 1 is 0.848 bits per heavy atom. The number of benzene rings is 3. The summed E-state index contributed by atoms with van der Waals surface area (Å²) in [5.41, 5.74) is 3.23. The summed E-state index contributed by atoms with van der Waals surface area (Å²) in [6.45, 7) is 1.22. The van der Waals surface area contributed by atoms with Gasteiger partial charge in [0.25, 0.3) is 5.91 Å². The van der Waals surface area contributed by atoms with Crippen LogP contribution < -0.4 is 5.32 Å². The van der Waals surface area contributed by atoms with Crippen molar-refractivity contribution in [3.05, 3.63) is 88.4 Å². The van der Waals surface area contributed by atoms with Gasteiger partial charge >= 0.3 is 0 Å². The average molecular weight is 477 g/mol. The number of amides is 1. The standard InChI is InChI=1S/C26H22Cl2N4O/c27-20-10-6-11-21(28)23(20)25(33)32-15-13-18(14-16-32)29-26-30-22-12-5-4-9-19(22)24(31-26)17-7-2-1-3-8-17/h1-12,18H,13-16H2,(H,29,30,31). The van der Waals surface area contributed by atoms with Crippen molar-refractivity contribution >= 4 is 46.0 Å². The van der Waals surface area contributed by atoms with Crippen molar-refractivity contribution in [3.63, 3.8) is 0 Å². The SMILES string of the molecule is O=C(c1c(Cl)cccc1Cl)N1CCC(Nc2nc(-c3ccccc3)c3ccccc3n2)CC1. The van der Waals surface area contributed by atoms with Crippen LogP contribution in [0.25, 0.3) is 22.2 Å². The van der Waals surface area contributed by atoms with Gasteiger partial charge in [-0.05, 0) is 31.0 Å². The van der Waals surface area contributed by atoms with Crippen molar-refractivity contribution in [2.75, 3.05) is 18.4 Å². The molecule has 0 unspecified atom stereocenters. The summed E-state index contributed by atoms with van der Waals surface area (Å²) in [6.07, 6.45) is 1.56. The Hall–Kier alpha value is -3.15. The number of carbonyl (C=O) groups excluding carboxylic acids is 1. The number of hydrogen-bond donors (Lipinski definition) is 1. The van der Waals surface area contributed by atoms with Gasteiger partial charge in [-0.15, -0.1) is 0 Å². The Morgan fingerprint density at radius 3 is 2.24 bits per heavy atom. The number of para-hydroxylation sites is 1. The van der Waals surface area contributed by atoms with Crippen molar-refractivity contribution in [1.82, 2.24) is 14.9 Å². The third-order valence-corrected chi connectivity index (χ3v) is 6.57. The van der Waals surface area contributed by atoms with Crippen molar-refractivity contribution in [3.8, 4) is 11.3 Å². The van der Waals surface area contributed by atoms with Gasteiger partial charge in [0.2, 0.25) is 5.95 Å². The fraction of sp³-hybridized carbons (Fsp3) is 0.192. The van der Waals surface area contributed by atoms with E-state index in [2.05, 4.69) is 17.4 Å². The number of carbonyl (C=O) groups is 1. The first-order valence-electron chi connectivity index (χ1n) is 10.9. The number of nitrogens with one attached hydrogen (secondary N) is 1. The predicted molar refractivity (Wildman–Crippen MR) is 134 cm³/mol. The van der Waals surface area contributed by atoms with E-state index in [9.17, 15) is 4.79 Å². The fourth-order valence-corrected chi connectivity index (χ4v) is 4.79. The van der Waals surface area contributed by atoms with E-state index < -0.39 is 0 Å². The second kappa shape index (κ2) is 9.38. The molecule has 1 fully saturated rings. The molecule has 33 heavy (non-hydrogen) atoms. The van der Waals surface area contributed by atoms with Gasteiger partial charge in [-0.25, -0.2) is 9.97 Å². The molecule has 5 nitrogen and oxygen atoms in total. The lowest BCUT2D eigenvalue weighted by molar-refractivity contribution is 0.0719. The zero-order chi connectivity index (χ0) is 22.8. The molecule has 1 saturated heterocycles. The summed E-state index contributed by atoms with van der Waals surface area (Å²) in [6, 6.07) is 23.5. The number of anilines is 1. The maximum absolute atomic E-state index is 13.0. The molecule has 1 amide bonds. The topological polar surface area (TPSA) is 58.1 Å². The molecule has 0 bridgehead atoms. The maximum Gasteiger partial charge on any atom is 0.256 e. The molecule has 0 spiro atoms. The molecule has 7 heteroatoms. The van der Waals surface area contributed by atoms with E-state index in [0.717, 1.165) is 35.0 Å². The highest BCUT2D eigenvalue weighted by Gasteiger charge is 2.27. The first-order valence-corrected chi connectivity index (χ1v) is 11.7. The summed E-state index contributed by atoms with van der Waals surface area (Å²) >= 11 is 12.5. The van der Waals surface area contributed by atoms with E-state index in [1.54, 1.807) is 18.2 Å². The van der Waals surface area contributed by atoms with Crippen LogP contribution in [0.2, 0.25) is 10.0 Å². The first kappa shape index (κ1) is 21.7. The van der Waals surface area contributed by atoms with Crippen LogP contribution in [-0.2, 0) is 0 Å². The number of nitrogens with zero attached hydrogens (tertiary/aromatic N) is 3. The minimum absolute atomic E-state index is 0.127. The monoisotopic (exact) mass is 476 g/mol. The molecule has 0 saturated carbocycles. The Kier molecular flexibility index (Phi) is 6.16. The van der Waals surface area contributed by atoms with Gasteiger partial charge < -0.3 is 10.2 Å². The molecule has 1 aromatic heterocycles. The summed E-state index contributed by atoms with van der Waals surface area (Å²) in [5, 5.41) is 5.27. The van der Waals surface area contributed by atoms with Crippen LogP contribution in [0, 0.1) is 0 Å². The van der Waals surface area contributed by atoms with E-state index in [1.807, 2.05) is 47.4 Å². The highest BCUT2D eigenvalue weighted by atomic mass is 35.5. The van der Waals surface area contributed by atoms with E-state index in [4.69, 9.17) is 33.2 Å². The van der Waals surface area contributed by atoms with Gasteiger partial charge in [-0.1, -0.05) is 77.8 Å². The molecule has 0 radical (unpaired) electrons. The number of rotatable bonds is 4. The molecule has 3 aromatic carbocycles. The summed E-state index contributed by atoms with van der Waals surface area (Å²) in [4.78, 5) is 24.4. The first-order chi connectivity index (χ1) is 16.1. The van der Waals surface area contributed by atoms with Crippen LogP contribution >= 0.6 is 23.2 Å². The normalized spacial score (nSPS) is 14.4. The molecule has 0 atom stereocenters. The zero-order valence-corrected chi connectivity index (χ0v) is 19.4. The summed E-state index contributed by atoms with van der Waals surface area (Å²) < 4.78 is 0. The van der Waals surface area contributed by atoms with Crippen molar-refractivity contribution in [2.24, 2.45) is 0 Å². The van der Waals surface area contributed by atoms with Crippen LogP contribution in [0.15, 0.2) is 72.8 Å². The highest BCUT2D eigenvalue weighted by Crippen LogP contribution is 2.29. The van der Waals surface area contributed by atoms with Gasteiger partial charge in [-0.3, -0.25) is 4.79 Å². The number of piperidine rings is 1. The lowest BCUT2D eigenvalue weighted by Crippen LogP contribution is -2.42. The van der Waals surface area contributed by atoms with Gasteiger partial charge in [0.05, 0.1) is 26.8 Å². The van der Waals surface area contributed by atoms with Gasteiger partial charge in [-0.2, -0.15) is 0 Å². The van der Waals surface area contributed by atoms with Crippen molar-refractivity contribution in [2.45, 2.75) is 18.9 Å². The fourth-order valence-electron chi connectivity index (χ4n) is 4.23. The van der Waals surface area contributed by atoms with Crippen molar-refractivity contribution < 1.29 is 4.79 Å². The van der Waals surface area contributed by atoms with E-state index in [0.29, 0.717) is 34.6 Å². The molecule has 166 valence electrons. The maximum atomic E-state index is 13.0. The van der Waals surface area contributed by atoms with Crippen LogP contribution in [0.5, 0.6) is 0 Å². The Labute approximate surface area is 202 Å². The van der Waals surface area contributed by atoms with Crippen LogP contribution in [0.3, 0.4) is 0 Å². The van der Waals surface area contributed by atoms with E-state index in [-0.39, 0.29) is 11.9 Å². The minimum atomic E-state index is -0.127. The summed E-state index contributed by atoms with van der Waals surface area (Å²) in [7, 11) is 0. The van der Waals surface area contributed by atoms with Gasteiger partial charge in [0.15, 0.2) is 0 Å². The van der Waals surface area contributed by atoms with E-state index >= 15 is 0 Å². The second-order valence-corrected chi connectivity index (χ2v) is 8.90. The largest absolute Gasteiger partial charge is 0.351 e. The molecular formula is C26H22Cl2N4O. The highest BCUT2D eigenvalue weighted by molar-refractivity contribution is 6.39. The molecule has 2 heterocycles. The number of aromatic nitrogens is 2. The van der Waals surface area contributed by atoms with Crippen LogP contribution in [0.4, 0.5) is 5.95 Å². The Bertz CT molecular complexity index is 1280. The molecule has 1 aliphatic rings. The Morgan fingerprint density at radius 2 is 1.52 bits per heavy atom. The second-order valence-electron chi connectivity index (χ2n) is 8.09.